The second-order valence-corrected chi connectivity index (χ2v) is 7.79. The summed E-state index contributed by atoms with van der Waals surface area (Å²) in [5.41, 5.74) is 4.18. The predicted octanol–water partition coefficient (Wildman–Crippen LogP) is 4.68. The van der Waals surface area contributed by atoms with Crippen LogP contribution < -0.4 is 19.5 Å². The van der Waals surface area contributed by atoms with E-state index in [0.29, 0.717) is 18.0 Å². The average Bonchev–Trinajstić information content (AvgIpc) is 3.28. The van der Waals surface area contributed by atoms with Gasteiger partial charge >= 0.3 is 0 Å². The molecule has 0 aliphatic rings. The summed E-state index contributed by atoms with van der Waals surface area (Å²) in [5, 5.41) is 4.27. The quantitative estimate of drug-likeness (QED) is 0.393. The lowest BCUT2D eigenvalue weighted by Gasteiger charge is -2.19. The van der Waals surface area contributed by atoms with E-state index >= 15 is 0 Å². The van der Waals surface area contributed by atoms with E-state index in [2.05, 4.69) is 22.4 Å². The Kier molecular flexibility index (Phi) is 6.83. The van der Waals surface area contributed by atoms with Crippen LogP contribution in [0, 0.1) is 0 Å². The van der Waals surface area contributed by atoms with Crippen molar-refractivity contribution in [3.05, 3.63) is 89.6 Å². The zero-order chi connectivity index (χ0) is 23.2. The van der Waals surface area contributed by atoms with Crippen LogP contribution in [-0.4, -0.2) is 38.8 Å². The fourth-order valence-corrected chi connectivity index (χ4v) is 4.08. The van der Waals surface area contributed by atoms with E-state index in [1.165, 1.54) is 0 Å². The fourth-order valence-electron chi connectivity index (χ4n) is 4.08. The molecule has 6 heteroatoms. The Morgan fingerprint density at radius 2 is 1.67 bits per heavy atom. The summed E-state index contributed by atoms with van der Waals surface area (Å²) in [7, 11) is 4.83. The Morgan fingerprint density at radius 1 is 0.909 bits per heavy atom. The first-order chi connectivity index (χ1) is 16.1. The highest BCUT2D eigenvalue weighted by Gasteiger charge is 2.19. The summed E-state index contributed by atoms with van der Waals surface area (Å²) in [4.78, 5) is 16.2. The van der Waals surface area contributed by atoms with E-state index in [1.807, 2.05) is 60.8 Å². The number of H-pyrrole nitrogens is 1. The van der Waals surface area contributed by atoms with Crippen LogP contribution in [0.25, 0.3) is 10.9 Å². The molecule has 1 atom stereocenters. The Bertz CT molecular complexity index is 1230. The maximum absolute atomic E-state index is 12.8. The average molecular weight is 445 g/mol. The molecule has 0 saturated carbocycles. The molecule has 170 valence electrons. The van der Waals surface area contributed by atoms with Gasteiger partial charge in [-0.05, 0) is 47.0 Å². The lowest BCUT2D eigenvalue weighted by atomic mass is 9.90. The molecule has 0 aliphatic carbocycles. The Labute approximate surface area is 193 Å². The molecule has 4 rings (SSSR count). The highest BCUT2D eigenvalue weighted by Crippen LogP contribution is 2.32. The third-order valence-electron chi connectivity index (χ3n) is 5.83. The van der Waals surface area contributed by atoms with Gasteiger partial charge in [0.1, 0.15) is 5.75 Å². The van der Waals surface area contributed by atoms with Crippen molar-refractivity contribution < 1.29 is 19.0 Å². The number of nitrogens with one attached hydrogen (secondary N) is 2. The second-order valence-electron chi connectivity index (χ2n) is 7.79. The molecule has 1 heterocycles. The van der Waals surface area contributed by atoms with E-state index in [1.54, 1.807) is 21.3 Å². The molecule has 0 aliphatic heterocycles. The van der Waals surface area contributed by atoms with Gasteiger partial charge in [0, 0.05) is 29.6 Å². The molecule has 0 unspecified atom stereocenters. The van der Waals surface area contributed by atoms with Crippen LogP contribution in [0.3, 0.4) is 0 Å². The van der Waals surface area contributed by atoms with Gasteiger partial charge in [0.25, 0.3) is 0 Å². The number of ether oxygens (including phenoxy) is 3. The maximum Gasteiger partial charge on any atom is 0.224 e. The first-order valence-corrected chi connectivity index (χ1v) is 10.8. The SMILES string of the molecule is COc1ccc([C@@H](CNC(=O)Cc2ccc(OC)c(OC)c2)c2c[nH]c3ccccc23)cc1. The Balaban J connectivity index is 1.55. The normalized spacial score (nSPS) is 11.7. The van der Waals surface area contributed by atoms with Gasteiger partial charge in [-0.3, -0.25) is 4.79 Å². The zero-order valence-electron chi connectivity index (χ0n) is 19.1. The highest BCUT2D eigenvalue weighted by atomic mass is 16.5. The summed E-state index contributed by atoms with van der Waals surface area (Å²) in [6.07, 6.45) is 2.28. The smallest absolute Gasteiger partial charge is 0.224 e. The van der Waals surface area contributed by atoms with Crippen LogP contribution >= 0.6 is 0 Å². The number of hydrogen-bond donors (Lipinski definition) is 2. The molecule has 1 aromatic heterocycles. The lowest BCUT2D eigenvalue weighted by molar-refractivity contribution is -0.120. The minimum Gasteiger partial charge on any atom is -0.497 e. The molecule has 0 saturated heterocycles. The van der Waals surface area contributed by atoms with Crippen molar-refractivity contribution in [3.63, 3.8) is 0 Å². The van der Waals surface area contributed by atoms with Crippen LogP contribution in [0.1, 0.15) is 22.6 Å². The summed E-state index contributed by atoms with van der Waals surface area (Å²) in [6.45, 7) is 0.473. The molecule has 1 amide bonds. The molecule has 3 aromatic carbocycles. The van der Waals surface area contributed by atoms with Gasteiger partial charge in [0.2, 0.25) is 5.91 Å². The monoisotopic (exact) mass is 444 g/mol. The molecular weight excluding hydrogens is 416 g/mol. The van der Waals surface area contributed by atoms with Gasteiger partial charge in [-0.1, -0.05) is 36.4 Å². The Hall–Kier alpha value is -3.93. The van der Waals surface area contributed by atoms with Gasteiger partial charge < -0.3 is 24.5 Å². The molecule has 0 radical (unpaired) electrons. The first kappa shape index (κ1) is 22.3. The molecule has 4 aromatic rings. The van der Waals surface area contributed by atoms with E-state index in [0.717, 1.165) is 33.3 Å². The number of aromatic nitrogens is 1. The van der Waals surface area contributed by atoms with Crippen LogP contribution in [0.2, 0.25) is 0 Å². The standard InChI is InChI=1S/C27H28N2O4/c1-31-20-11-9-19(10-12-20)22(23-17-28-24-7-5-4-6-21(23)24)16-29-27(30)15-18-8-13-25(32-2)26(14-18)33-3/h4-14,17,22,28H,15-16H2,1-3H3,(H,29,30)/t22-/m1/s1. The molecule has 6 nitrogen and oxygen atoms in total. The van der Waals surface area contributed by atoms with E-state index in [9.17, 15) is 4.79 Å². The highest BCUT2D eigenvalue weighted by molar-refractivity contribution is 5.84. The van der Waals surface area contributed by atoms with Crippen LogP contribution in [0.15, 0.2) is 72.9 Å². The summed E-state index contributed by atoms with van der Waals surface area (Å²) >= 11 is 0. The first-order valence-electron chi connectivity index (χ1n) is 10.8. The van der Waals surface area contributed by atoms with Crippen LogP contribution in [0.5, 0.6) is 17.2 Å². The van der Waals surface area contributed by atoms with Crippen molar-refractivity contribution in [1.29, 1.82) is 0 Å². The summed E-state index contributed by atoms with van der Waals surface area (Å²) in [5.74, 6) is 1.98. The van der Waals surface area contributed by atoms with Crippen LogP contribution in [0.4, 0.5) is 0 Å². The molecule has 2 N–H and O–H groups in total. The number of carbonyl (C=O) groups excluding carboxylic acids is 1. The second kappa shape index (κ2) is 10.1. The van der Waals surface area contributed by atoms with Crippen molar-refractivity contribution in [1.82, 2.24) is 10.3 Å². The number of amides is 1. The van der Waals surface area contributed by atoms with Gasteiger partial charge in [0.15, 0.2) is 11.5 Å². The number of hydrogen-bond acceptors (Lipinski definition) is 4. The lowest BCUT2D eigenvalue weighted by Crippen LogP contribution is -2.30. The van der Waals surface area contributed by atoms with Crippen molar-refractivity contribution in [2.24, 2.45) is 0 Å². The van der Waals surface area contributed by atoms with Crippen molar-refractivity contribution in [2.75, 3.05) is 27.9 Å². The zero-order valence-corrected chi connectivity index (χ0v) is 19.1. The van der Waals surface area contributed by atoms with E-state index in [4.69, 9.17) is 14.2 Å². The largest absolute Gasteiger partial charge is 0.497 e. The van der Waals surface area contributed by atoms with Crippen LogP contribution in [-0.2, 0) is 11.2 Å². The van der Waals surface area contributed by atoms with Gasteiger partial charge in [-0.25, -0.2) is 0 Å². The molecule has 0 spiro atoms. The third-order valence-corrected chi connectivity index (χ3v) is 5.83. The van der Waals surface area contributed by atoms with E-state index in [-0.39, 0.29) is 18.2 Å². The molecule has 0 fully saturated rings. The number of aromatic amines is 1. The van der Waals surface area contributed by atoms with E-state index < -0.39 is 0 Å². The minimum absolute atomic E-state index is 0.0126. The summed E-state index contributed by atoms with van der Waals surface area (Å²) < 4.78 is 15.9. The molecular formula is C27H28N2O4. The number of rotatable bonds is 9. The van der Waals surface area contributed by atoms with Crippen molar-refractivity contribution >= 4 is 16.8 Å². The number of para-hydroxylation sites is 1. The van der Waals surface area contributed by atoms with Crippen molar-refractivity contribution in [2.45, 2.75) is 12.3 Å². The number of carbonyl (C=O) groups is 1. The fraction of sp³-hybridized carbons (Fsp3) is 0.222. The van der Waals surface area contributed by atoms with Crippen molar-refractivity contribution in [3.8, 4) is 17.2 Å². The predicted molar refractivity (Wildman–Crippen MR) is 129 cm³/mol. The van der Waals surface area contributed by atoms with Gasteiger partial charge in [0.05, 0.1) is 27.8 Å². The molecule has 0 bridgehead atoms. The third kappa shape index (κ3) is 4.95. The number of benzene rings is 3. The topological polar surface area (TPSA) is 72.6 Å². The minimum atomic E-state index is -0.0550. The number of methoxy groups -OCH3 is 3. The number of fused-ring (bicyclic) bond motifs is 1. The van der Waals surface area contributed by atoms with Gasteiger partial charge in [-0.2, -0.15) is 0 Å². The van der Waals surface area contributed by atoms with Gasteiger partial charge in [-0.15, -0.1) is 0 Å². The Morgan fingerprint density at radius 3 is 2.39 bits per heavy atom. The molecule has 33 heavy (non-hydrogen) atoms. The maximum atomic E-state index is 12.8. The summed E-state index contributed by atoms with van der Waals surface area (Å²) in [6, 6.07) is 21.7.